The van der Waals surface area contributed by atoms with Gasteiger partial charge in [0.1, 0.15) is 11.3 Å². The molecule has 3 amide bonds. The van der Waals surface area contributed by atoms with Gasteiger partial charge in [-0.05, 0) is 18.6 Å². The van der Waals surface area contributed by atoms with Gasteiger partial charge in [-0.25, -0.2) is 4.79 Å². The van der Waals surface area contributed by atoms with Crippen molar-refractivity contribution in [2.45, 2.75) is 12.5 Å². The van der Waals surface area contributed by atoms with Crippen LogP contribution in [0, 0.1) is 10.1 Å². The van der Waals surface area contributed by atoms with Crippen LogP contribution in [-0.4, -0.2) is 35.2 Å². The molecule has 10 nitrogen and oxygen atoms in total. The molecule has 0 saturated carbocycles. The summed E-state index contributed by atoms with van der Waals surface area (Å²) in [5, 5.41) is 30.0. The summed E-state index contributed by atoms with van der Waals surface area (Å²) in [5.74, 6) is -1.74. The van der Waals surface area contributed by atoms with Gasteiger partial charge in [-0.3, -0.25) is 14.9 Å². The third kappa shape index (κ3) is 3.11. The fourth-order valence-corrected chi connectivity index (χ4v) is 2.79. The topological polar surface area (TPSA) is 137 Å². The van der Waals surface area contributed by atoms with E-state index in [-0.39, 0.29) is 11.3 Å². The zero-order chi connectivity index (χ0) is 20.5. The van der Waals surface area contributed by atoms with Gasteiger partial charge in [0.05, 0.1) is 18.2 Å². The number of nitro benzene ring substituents is 1. The standard InChI is InChI=1S/C18H16N4O6/c1-18(12-6-4-3-5-7-12)16(24)21(17(25)20-18)19-10-11-8-13(22(26)27)15(23)14(9-11)28-2/h3-10,23H,1-2H3,(H,20,25)/p-1/b19-10-/t18-/m1/s1. The summed E-state index contributed by atoms with van der Waals surface area (Å²) in [6, 6.07) is 10.1. The molecule has 1 atom stereocenters. The second-order valence-electron chi connectivity index (χ2n) is 6.11. The summed E-state index contributed by atoms with van der Waals surface area (Å²) in [7, 11) is 1.20. The molecule has 1 fully saturated rings. The number of nitro groups is 1. The molecule has 2 aromatic carbocycles. The highest BCUT2D eigenvalue weighted by Gasteiger charge is 2.49. The third-order valence-electron chi connectivity index (χ3n) is 4.32. The largest absolute Gasteiger partial charge is 0.865 e. The van der Waals surface area contributed by atoms with E-state index in [1.54, 1.807) is 37.3 Å². The number of nitrogens with zero attached hydrogens (tertiary/aromatic N) is 3. The van der Waals surface area contributed by atoms with Crippen LogP contribution >= 0.6 is 0 Å². The molecule has 1 N–H and O–H groups in total. The monoisotopic (exact) mass is 383 g/mol. The van der Waals surface area contributed by atoms with Crippen LogP contribution in [-0.2, 0) is 10.3 Å². The van der Waals surface area contributed by atoms with Gasteiger partial charge in [0, 0.05) is 17.4 Å². The van der Waals surface area contributed by atoms with Crippen molar-refractivity contribution < 1.29 is 24.4 Å². The van der Waals surface area contributed by atoms with Crippen molar-refractivity contribution in [3.63, 3.8) is 0 Å². The molecule has 0 unspecified atom stereocenters. The van der Waals surface area contributed by atoms with Crippen molar-refractivity contribution in [1.29, 1.82) is 0 Å². The first-order chi connectivity index (χ1) is 13.3. The predicted molar refractivity (Wildman–Crippen MR) is 95.9 cm³/mol. The Morgan fingerprint density at radius 2 is 1.93 bits per heavy atom. The lowest BCUT2D eigenvalue weighted by Gasteiger charge is -2.20. The minimum Gasteiger partial charge on any atom is -0.865 e. The number of rotatable bonds is 5. The number of benzene rings is 2. The SMILES string of the molecule is COc1cc(/C=N\N2C(=O)N[C@](C)(c3ccccc3)C2=O)cc([N+](=O)[O-])c1[O-]. The molecule has 28 heavy (non-hydrogen) atoms. The summed E-state index contributed by atoms with van der Waals surface area (Å²) >= 11 is 0. The lowest BCUT2D eigenvalue weighted by molar-refractivity contribution is -0.398. The van der Waals surface area contributed by atoms with Crippen molar-refractivity contribution in [2.75, 3.05) is 7.11 Å². The molecule has 3 rings (SSSR count). The molecule has 1 saturated heterocycles. The van der Waals surface area contributed by atoms with Crippen molar-refractivity contribution in [3.05, 3.63) is 63.7 Å². The van der Waals surface area contributed by atoms with Gasteiger partial charge in [0.2, 0.25) is 0 Å². The first-order valence-corrected chi connectivity index (χ1v) is 8.07. The summed E-state index contributed by atoms with van der Waals surface area (Å²) in [4.78, 5) is 35.2. The number of hydrazone groups is 1. The summed E-state index contributed by atoms with van der Waals surface area (Å²) in [5.41, 5.74) is -1.29. The number of imide groups is 1. The lowest BCUT2D eigenvalue weighted by atomic mass is 9.92. The Balaban J connectivity index is 1.93. The maximum absolute atomic E-state index is 12.8. The Bertz CT molecular complexity index is 991. The van der Waals surface area contributed by atoms with Crippen LogP contribution in [0.2, 0.25) is 0 Å². The molecular formula is C18H15N4O6-. The zero-order valence-corrected chi connectivity index (χ0v) is 14.9. The maximum atomic E-state index is 12.8. The second kappa shape index (κ2) is 6.99. The third-order valence-corrected chi connectivity index (χ3v) is 4.32. The summed E-state index contributed by atoms with van der Waals surface area (Å²) in [6.45, 7) is 1.55. The van der Waals surface area contributed by atoms with Crippen LogP contribution in [0.5, 0.6) is 11.5 Å². The van der Waals surface area contributed by atoms with Crippen LogP contribution in [0.1, 0.15) is 18.1 Å². The number of methoxy groups -OCH3 is 1. The smallest absolute Gasteiger partial charge is 0.346 e. The molecule has 0 spiro atoms. The van der Waals surface area contributed by atoms with Crippen molar-refractivity contribution in [3.8, 4) is 11.5 Å². The zero-order valence-electron chi connectivity index (χ0n) is 14.9. The molecule has 0 aromatic heterocycles. The van der Waals surface area contributed by atoms with Crippen molar-refractivity contribution in [1.82, 2.24) is 10.3 Å². The molecule has 2 aromatic rings. The van der Waals surface area contributed by atoms with E-state index in [0.717, 1.165) is 12.3 Å². The highest BCUT2D eigenvalue weighted by atomic mass is 16.6. The first-order valence-electron chi connectivity index (χ1n) is 8.07. The van der Waals surface area contributed by atoms with E-state index in [1.807, 2.05) is 0 Å². The van der Waals surface area contributed by atoms with Crippen LogP contribution in [0.25, 0.3) is 0 Å². The van der Waals surface area contributed by atoms with E-state index in [4.69, 9.17) is 4.74 Å². The van der Waals surface area contributed by atoms with Crippen LogP contribution in [0.15, 0.2) is 47.6 Å². The number of hydrogen-bond donors (Lipinski definition) is 1. The van der Waals surface area contributed by atoms with Gasteiger partial charge < -0.3 is 15.2 Å². The Morgan fingerprint density at radius 3 is 2.54 bits per heavy atom. The van der Waals surface area contributed by atoms with Gasteiger partial charge >= 0.3 is 6.03 Å². The van der Waals surface area contributed by atoms with Gasteiger partial charge in [-0.2, -0.15) is 5.10 Å². The number of nitrogens with one attached hydrogen (secondary N) is 1. The molecule has 1 heterocycles. The molecule has 0 aliphatic carbocycles. The molecular weight excluding hydrogens is 368 g/mol. The van der Waals surface area contributed by atoms with Crippen molar-refractivity contribution in [2.24, 2.45) is 5.10 Å². The summed E-state index contributed by atoms with van der Waals surface area (Å²) in [6.07, 6.45) is 1.07. The Kier molecular flexibility index (Phi) is 4.70. The summed E-state index contributed by atoms with van der Waals surface area (Å²) < 4.78 is 4.84. The Hall–Kier alpha value is -3.95. The molecule has 144 valence electrons. The molecule has 1 aliphatic heterocycles. The van der Waals surface area contributed by atoms with Crippen LogP contribution < -0.4 is 15.2 Å². The number of amides is 3. The van der Waals surface area contributed by atoms with Gasteiger partial charge in [0.15, 0.2) is 0 Å². The van der Waals surface area contributed by atoms with E-state index in [0.29, 0.717) is 10.6 Å². The average Bonchev–Trinajstić information content (AvgIpc) is 2.91. The number of urea groups is 1. The fraction of sp³-hybridized carbons (Fsp3) is 0.167. The molecule has 10 heteroatoms. The highest BCUT2D eigenvalue weighted by molar-refractivity contribution is 6.07. The van der Waals surface area contributed by atoms with E-state index < -0.39 is 33.8 Å². The number of carbonyl (C=O) groups excluding carboxylic acids is 2. The van der Waals surface area contributed by atoms with E-state index in [2.05, 4.69) is 10.4 Å². The van der Waals surface area contributed by atoms with E-state index >= 15 is 0 Å². The lowest BCUT2D eigenvalue weighted by Crippen LogP contribution is -2.40. The Labute approximate surface area is 159 Å². The average molecular weight is 383 g/mol. The van der Waals surface area contributed by atoms with E-state index in [1.165, 1.54) is 13.2 Å². The fourth-order valence-electron chi connectivity index (χ4n) is 2.79. The second-order valence-corrected chi connectivity index (χ2v) is 6.11. The predicted octanol–water partition coefficient (Wildman–Crippen LogP) is 1.48. The first kappa shape index (κ1) is 18.8. The quantitative estimate of drug-likeness (QED) is 0.359. The van der Waals surface area contributed by atoms with Crippen LogP contribution in [0.3, 0.4) is 0 Å². The minimum absolute atomic E-state index is 0.122. The van der Waals surface area contributed by atoms with Crippen molar-refractivity contribution >= 4 is 23.8 Å². The molecule has 1 aliphatic rings. The number of hydrogen-bond acceptors (Lipinski definition) is 7. The van der Waals surface area contributed by atoms with Gasteiger partial charge in [-0.15, -0.1) is 5.01 Å². The normalized spacial score (nSPS) is 19.1. The minimum atomic E-state index is -1.29. The molecule has 0 bridgehead atoms. The Morgan fingerprint density at radius 1 is 1.25 bits per heavy atom. The number of ether oxygens (including phenoxy) is 1. The van der Waals surface area contributed by atoms with Gasteiger partial charge in [-0.1, -0.05) is 30.3 Å². The van der Waals surface area contributed by atoms with Crippen LogP contribution in [0.4, 0.5) is 10.5 Å². The molecule has 0 radical (unpaired) electrons. The highest BCUT2D eigenvalue weighted by Crippen LogP contribution is 2.34. The maximum Gasteiger partial charge on any atom is 0.346 e. The van der Waals surface area contributed by atoms with Gasteiger partial charge in [0.25, 0.3) is 11.6 Å². The number of carbonyl (C=O) groups is 2. The van der Waals surface area contributed by atoms with E-state index in [9.17, 15) is 24.8 Å².